The molecular weight excluding hydrogens is 453 g/mol. The Hall–Kier alpha value is -4.12. The first kappa shape index (κ1) is 25.5. The van der Waals surface area contributed by atoms with Crippen LogP contribution < -0.4 is 27.2 Å². The van der Waals surface area contributed by atoms with Crippen molar-refractivity contribution >= 4 is 23.4 Å². The molecule has 0 radical (unpaired) electrons. The SMILES string of the molecule is NC[C@H](NC(=O)c1ccc(-c2ccc(NC(=O)CNCc3ccc(F)cc3)cc2)cc1)C(=O)NO. The number of nitrogens with one attached hydrogen (secondary N) is 4. The van der Waals surface area contributed by atoms with Crippen LogP contribution in [0.4, 0.5) is 10.1 Å². The van der Waals surface area contributed by atoms with Crippen molar-refractivity contribution in [2.75, 3.05) is 18.4 Å². The van der Waals surface area contributed by atoms with Crippen LogP contribution in [0, 0.1) is 5.82 Å². The van der Waals surface area contributed by atoms with Gasteiger partial charge in [-0.25, -0.2) is 9.87 Å². The third kappa shape index (κ3) is 7.44. The number of nitrogens with two attached hydrogens (primary N) is 1. The molecule has 0 bridgehead atoms. The highest BCUT2D eigenvalue weighted by molar-refractivity contribution is 5.98. The Morgan fingerprint density at radius 3 is 2.06 bits per heavy atom. The van der Waals surface area contributed by atoms with Gasteiger partial charge in [0.25, 0.3) is 11.8 Å². The molecule has 3 amide bonds. The number of hydrogen-bond donors (Lipinski definition) is 6. The molecule has 0 aliphatic carbocycles. The molecule has 0 heterocycles. The fourth-order valence-corrected chi connectivity index (χ4v) is 3.24. The van der Waals surface area contributed by atoms with Crippen molar-refractivity contribution in [1.29, 1.82) is 0 Å². The van der Waals surface area contributed by atoms with Crippen LogP contribution in [0.15, 0.2) is 72.8 Å². The summed E-state index contributed by atoms with van der Waals surface area (Å²) in [5.41, 5.74) is 10.5. The van der Waals surface area contributed by atoms with Gasteiger partial charge in [-0.2, -0.15) is 0 Å². The molecule has 35 heavy (non-hydrogen) atoms. The Balaban J connectivity index is 1.51. The van der Waals surface area contributed by atoms with Crippen molar-refractivity contribution in [3.8, 4) is 11.1 Å². The Morgan fingerprint density at radius 1 is 0.886 bits per heavy atom. The predicted octanol–water partition coefficient (Wildman–Crippen LogP) is 1.78. The van der Waals surface area contributed by atoms with E-state index in [9.17, 15) is 18.8 Å². The second-order valence-corrected chi connectivity index (χ2v) is 7.67. The number of amides is 3. The summed E-state index contributed by atoms with van der Waals surface area (Å²) in [5, 5.41) is 17.0. The van der Waals surface area contributed by atoms with Gasteiger partial charge in [-0.3, -0.25) is 19.6 Å². The van der Waals surface area contributed by atoms with E-state index in [1.165, 1.54) is 17.6 Å². The maximum Gasteiger partial charge on any atom is 0.267 e. The van der Waals surface area contributed by atoms with Crippen molar-refractivity contribution in [2.45, 2.75) is 12.6 Å². The van der Waals surface area contributed by atoms with Crippen LogP contribution in [0.25, 0.3) is 11.1 Å². The quantitative estimate of drug-likeness (QED) is 0.193. The molecule has 0 aliphatic rings. The van der Waals surface area contributed by atoms with Crippen LogP contribution in [-0.4, -0.2) is 42.1 Å². The second kappa shape index (κ2) is 12.4. The molecule has 182 valence electrons. The van der Waals surface area contributed by atoms with E-state index >= 15 is 0 Å². The summed E-state index contributed by atoms with van der Waals surface area (Å²) >= 11 is 0. The fraction of sp³-hybridized carbons (Fsp3) is 0.160. The molecule has 3 rings (SSSR count). The summed E-state index contributed by atoms with van der Waals surface area (Å²) < 4.78 is 12.9. The zero-order valence-corrected chi connectivity index (χ0v) is 18.8. The van der Waals surface area contributed by atoms with Crippen molar-refractivity contribution in [3.63, 3.8) is 0 Å². The van der Waals surface area contributed by atoms with Crippen molar-refractivity contribution in [1.82, 2.24) is 16.1 Å². The number of rotatable bonds is 10. The number of halogens is 1. The zero-order chi connectivity index (χ0) is 25.2. The number of benzene rings is 3. The van der Waals surface area contributed by atoms with E-state index in [1.54, 1.807) is 48.5 Å². The highest BCUT2D eigenvalue weighted by Gasteiger charge is 2.19. The lowest BCUT2D eigenvalue weighted by Gasteiger charge is -2.14. The first-order valence-electron chi connectivity index (χ1n) is 10.8. The van der Waals surface area contributed by atoms with Crippen LogP contribution >= 0.6 is 0 Å². The zero-order valence-electron chi connectivity index (χ0n) is 18.8. The van der Waals surface area contributed by atoms with E-state index in [-0.39, 0.29) is 24.8 Å². The van der Waals surface area contributed by atoms with Gasteiger partial charge in [-0.15, -0.1) is 0 Å². The van der Waals surface area contributed by atoms with Gasteiger partial charge in [-0.05, 0) is 53.1 Å². The number of hydrogen-bond acceptors (Lipinski definition) is 6. The maximum atomic E-state index is 12.9. The number of anilines is 1. The lowest BCUT2D eigenvalue weighted by Crippen LogP contribution is -2.50. The average molecular weight is 480 g/mol. The molecular formula is C25H26FN5O4. The summed E-state index contributed by atoms with van der Waals surface area (Å²) in [4.78, 5) is 35.9. The van der Waals surface area contributed by atoms with Crippen LogP contribution in [0.5, 0.6) is 0 Å². The van der Waals surface area contributed by atoms with Crippen LogP contribution in [0.2, 0.25) is 0 Å². The molecule has 10 heteroatoms. The van der Waals surface area contributed by atoms with Gasteiger partial charge in [0.1, 0.15) is 11.9 Å². The van der Waals surface area contributed by atoms with Crippen molar-refractivity contribution < 1.29 is 24.0 Å². The normalized spacial score (nSPS) is 11.4. The molecule has 0 aromatic heterocycles. The first-order chi connectivity index (χ1) is 16.9. The van der Waals surface area contributed by atoms with Crippen molar-refractivity contribution in [2.24, 2.45) is 5.73 Å². The number of carbonyl (C=O) groups is 3. The predicted molar refractivity (Wildman–Crippen MR) is 129 cm³/mol. The minimum Gasteiger partial charge on any atom is -0.339 e. The largest absolute Gasteiger partial charge is 0.339 e. The highest BCUT2D eigenvalue weighted by atomic mass is 19.1. The molecule has 0 saturated carbocycles. The van der Waals surface area contributed by atoms with Gasteiger partial charge in [0.2, 0.25) is 5.91 Å². The standard InChI is InChI=1S/C25H26FN5O4/c26-20-9-1-16(2-10-20)14-28-15-23(32)29-21-11-7-18(8-12-21)17-3-5-19(6-4-17)24(33)30-22(13-27)25(34)31-35/h1-12,22,28,35H,13-15,27H2,(H,29,32)(H,30,33)(H,31,34)/t22-/m0/s1. The Labute approximate surface area is 201 Å². The third-order valence-electron chi connectivity index (χ3n) is 5.14. The summed E-state index contributed by atoms with van der Waals surface area (Å²) in [6, 6.07) is 19.0. The number of hydroxylamine groups is 1. The third-order valence-corrected chi connectivity index (χ3v) is 5.14. The first-order valence-corrected chi connectivity index (χ1v) is 10.8. The van der Waals surface area contributed by atoms with Gasteiger partial charge in [-0.1, -0.05) is 36.4 Å². The Kier molecular flexibility index (Phi) is 9.02. The summed E-state index contributed by atoms with van der Waals surface area (Å²) in [6.45, 7) is 0.388. The van der Waals surface area contributed by atoms with Crippen molar-refractivity contribution in [3.05, 3.63) is 89.7 Å². The fourth-order valence-electron chi connectivity index (χ4n) is 3.24. The lowest BCUT2D eigenvalue weighted by molar-refractivity contribution is -0.130. The summed E-state index contributed by atoms with van der Waals surface area (Å²) in [6.07, 6.45) is 0. The average Bonchev–Trinajstić information content (AvgIpc) is 2.88. The summed E-state index contributed by atoms with van der Waals surface area (Å²) in [7, 11) is 0. The summed E-state index contributed by atoms with van der Waals surface area (Å²) in [5.74, 6) is -1.81. The van der Waals surface area contributed by atoms with E-state index in [4.69, 9.17) is 10.9 Å². The van der Waals surface area contributed by atoms with Gasteiger partial charge in [0.05, 0.1) is 6.54 Å². The van der Waals surface area contributed by atoms with E-state index in [1.807, 2.05) is 12.1 Å². The maximum absolute atomic E-state index is 12.9. The van der Waals surface area contributed by atoms with E-state index in [0.29, 0.717) is 17.8 Å². The van der Waals surface area contributed by atoms with Crippen LogP contribution in [0.1, 0.15) is 15.9 Å². The minimum atomic E-state index is -1.05. The Morgan fingerprint density at radius 2 is 1.49 bits per heavy atom. The van der Waals surface area contributed by atoms with Gasteiger partial charge < -0.3 is 21.7 Å². The van der Waals surface area contributed by atoms with Crippen LogP contribution in [0.3, 0.4) is 0 Å². The van der Waals surface area contributed by atoms with E-state index in [2.05, 4.69) is 16.0 Å². The monoisotopic (exact) mass is 479 g/mol. The highest BCUT2D eigenvalue weighted by Crippen LogP contribution is 2.22. The minimum absolute atomic E-state index is 0.105. The van der Waals surface area contributed by atoms with Gasteiger partial charge in [0.15, 0.2) is 0 Å². The molecule has 0 fully saturated rings. The number of carbonyl (C=O) groups excluding carboxylic acids is 3. The van der Waals surface area contributed by atoms with Crippen LogP contribution in [-0.2, 0) is 16.1 Å². The van der Waals surface area contributed by atoms with Gasteiger partial charge in [0, 0.05) is 24.3 Å². The molecule has 0 unspecified atom stereocenters. The topological polar surface area (TPSA) is 146 Å². The van der Waals surface area contributed by atoms with E-state index in [0.717, 1.165) is 16.7 Å². The lowest BCUT2D eigenvalue weighted by atomic mass is 10.0. The Bertz CT molecular complexity index is 1150. The smallest absolute Gasteiger partial charge is 0.267 e. The molecule has 0 saturated heterocycles. The van der Waals surface area contributed by atoms with E-state index < -0.39 is 17.9 Å². The molecule has 7 N–H and O–H groups in total. The molecule has 0 spiro atoms. The molecule has 0 aliphatic heterocycles. The molecule has 1 atom stereocenters. The molecule has 3 aromatic carbocycles. The second-order valence-electron chi connectivity index (χ2n) is 7.67. The molecule has 3 aromatic rings. The van der Waals surface area contributed by atoms with Gasteiger partial charge >= 0.3 is 0 Å². The molecule has 9 nitrogen and oxygen atoms in total.